The number of nitrogens with one attached hydrogen (secondary N) is 4. The Morgan fingerprint density at radius 1 is 0.791 bits per heavy atom. The predicted molar refractivity (Wildman–Crippen MR) is 166 cm³/mol. The first-order chi connectivity index (χ1) is 20.7. The second kappa shape index (κ2) is 14.4. The summed E-state index contributed by atoms with van der Waals surface area (Å²) < 4.78 is 0. The lowest BCUT2D eigenvalue weighted by molar-refractivity contribution is 0.0953. The van der Waals surface area contributed by atoms with Gasteiger partial charge in [-0.1, -0.05) is 35.7 Å². The van der Waals surface area contributed by atoms with Crippen LogP contribution in [0.1, 0.15) is 56.2 Å². The molecule has 0 radical (unpaired) electrons. The van der Waals surface area contributed by atoms with Crippen molar-refractivity contribution < 1.29 is 19.2 Å². The molecule has 0 spiro atoms. The number of amides is 3. The van der Waals surface area contributed by atoms with E-state index in [1.165, 1.54) is 32.3 Å². The quantitative estimate of drug-likeness (QED) is 0.0877. The summed E-state index contributed by atoms with van der Waals surface area (Å²) >= 11 is 5.85. The van der Waals surface area contributed by atoms with Crippen molar-refractivity contribution in [3.63, 3.8) is 0 Å². The number of nitrogens with zero attached hydrogens (tertiary/aromatic N) is 2. The third kappa shape index (κ3) is 8.73. The molecule has 4 N–H and O–H groups in total. The Labute approximate surface area is 253 Å². The summed E-state index contributed by atoms with van der Waals surface area (Å²) in [4.78, 5) is 57.2. The second-order valence-corrected chi connectivity index (χ2v) is 9.62. The average Bonchev–Trinajstić information content (AvgIpc) is 2.98. The summed E-state index contributed by atoms with van der Waals surface area (Å²) in [5, 5.41) is 11.6. The third-order valence-electron chi connectivity index (χ3n) is 5.98. The van der Waals surface area contributed by atoms with Gasteiger partial charge in [0, 0.05) is 59.2 Å². The molecule has 0 saturated carbocycles. The molecule has 0 saturated heterocycles. The summed E-state index contributed by atoms with van der Waals surface area (Å²) in [5.41, 5.74) is 3.66. The minimum Gasteiger partial charge on any atom is -0.383 e. The average molecular weight is 595 g/mol. The van der Waals surface area contributed by atoms with Gasteiger partial charge in [0.15, 0.2) is 11.6 Å². The maximum absolute atomic E-state index is 12.7. The number of hydrogen-bond acceptors (Lipinski definition) is 7. The van der Waals surface area contributed by atoms with Crippen LogP contribution in [0.4, 0.5) is 21.9 Å². The molecule has 10 nitrogen and oxygen atoms in total. The summed E-state index contributed by atoms with van der Waals surface area (Å²) in [6, 6.07) is 17.8. The molecule has 0 aliphatic rings. The maximum atomic E-state index is 12.7. The Bertz CT molecular complexity index is 1760. The molecular formula is C32H27ClN6O4. The zero-order valence-corrected chi connectivity index (χ0v) is 24.1. The highest BCUT2D eigenvalue weighted by atomic mass is 35.5. The van der Waals surface area contributed by atoms with E-state index in [1.807, 2.05) is 0 Å². The van der Waals surface area contributed by atoms with Gasteiger partial charge in [-0.3, -0.25) is 14.4 Å². The molecule has 43 heavy (non-hydrogen) atoms. The first kappa shape index (κ1) is 30.4. The molecule has 0 bridgehead atoms. The van der Waals surface area contributed by atoms with Crippen molar-refractivity contribution in [2.75, 3.05) is 29.0 Å². The molecular weight excluding hydrogens is 568 g/mol. The van der Waals surface area contributed by atoms with Crippen LogP contribution in [0, 0.1) is 11.8 Å². The monoisotopic (exact) mass is 594 g/mol. The number of pyridine rings is 2. The number of carbonyl (C=O) groups is 4. The molecule has 0 unspecified atom stereocenters. The van der Waals surface area contributed by atoms with E-state index in [-0.39, 0.29) is 29.2 Å². The smallest absolute Gasteiger partial charge is 0.323 e. The van der Waals surface area contributed by atoms with Crippen molar-refractivity contribution >= 4 is 52.2 Å². The van der Waals surface area contributed by atoms with E-state index in [4.69, 9.17) is 11.6 Å². The van der Waals surface area contributed by atoms with Gasteiger partial charge in [0.2, 0.25) is 0 Å². The van der Waals surface area contributed by atoms with Gasteiger partial charge in [-0.15, -0.1) is 0 Å². The van der Waals surface area contributed by atoms with Gasteiger partial charge in [0.25, 0.3) is 5.91 Å². The predicted octanol–water partition coefficient (Wildman–Crippen LogP) is 5.42. The number of carbonyl (C=O) groups excluding carboxylic acids is 4. The molecule has 0 aliphatic heterocycles. The number of ketones is 2. The third-order valence-corrected chi connectivity index (χ3v) is 6.19. The number of hydrogen-bond donors (Lipinski definition) is 4. The Balaban J connectivity index is 1.33. The van der Waals surface area contributed by atoms with Crippen molar-refractivity contribution in [3.05, 3.63) is 112 Å². The lowest BCUT2D eigenvalue weighted by Gasteiger charge is -2.13. The Hall–Kier alpha value is -5.53. The van der Waals surface area contributed by atoms with Crippen LogP contribution < -0.4 is 21.3 Å². The maximum Gasteiger partial charge on any atom is 0.323 e. The first-order valence-corrected chi connectivity index (χ1v) is 13.5. The van der Waals surface area contributed by atoms with E-state index in [2.05, 4.69) is 43.1 Å². The van der Waals surface area contributed by atoms with E-state index in [1.54, 1.807) is 60.7 Å². The van der Waals surface area contributed by atoms with Crippen molar-refractivity contribution in [1.82, 2.24) is 15.3 Å². The van der Waals surface area contributed by atoms with Crippen LogP contribution in [-0.2, 0) is 0 Å². The van der Waals surface area contributed by atoms with Crippen LogP contribution in [0.3, 0.4) is 0 Å². The van der Waals surface area contributed by atoms with Gasteiger partial charge in [0.1, 0.15) is 10.8 Å². The van der Waals surface area contributed by atoms with E-state index < -0.39 is 6.03 Å². The van der Waals surface area contributed by atoms with Crippen LogP contribution in [0.25, 0.3) is 0 Å². The highest BCUT2D eigenvalue weighted by molar-refractivity contribution is 6.29. The van der Waals surface area contributed by atoms with Gasteiger partial charge in [0.05, 0.1) is 5.56 Å². The van der Waals surface area contributed by atoms with E-state index in [0.29, 0.717) is 51.6 Å². The van der Waals surface area contributed by atoms with Crippen LogP contribution in [0.2, 0.25) is 5.15 Å². The molecule has 2 aromatic carbocycles. The van der Waals surface area contributed by atoms with Crippen molar-refractivity contribution in [2.45, 2.75) is 13.8 Å². The molecule has 0 atom stereocenters. The number of rotatable bonds is 9. The topological polar surface area (TPSA) is 142 Å². The minimum absolute atomic E-state index is 0.194. The summed E-state index contributed by atoms with van der Waals surface area (Å²) in [5.74, 6) is 5.23. The molecule has 2 aromatic heterocycles. The molecule has 0 aliphatic carbocycles. The van der Waals surface area contributed by atoms with Crippen LogP contribution in [0.15, 0.2) is 79.1 Å². The number of anilines is 3. The number of halogens is 1. The Morgan fingerprint density at radius 3 is 2.23 bits per heavy atom. The number of urea groups is 1. The van der Waals surface area contributed by atoms with E-state index >= 15 is 0 Å². The second-order valence-electron chi connectivity index (χ2n) is 9.23. The van der Waals surface area contributed by atoms with E-state index in [0.717, 1.165) is 0 Å². The zero-order valence-electron chi connectivity index (χ0n) is 23.3. The lowest BCUT2D eigenvalue weighted by atomic mass is 9.99. The standard InChI is InChI=1S/C32H27ClN6O4/c1-20(40)27-7-4-8-28(30(27)21(2)41)35-15-16-37-31(42)23-6-3-5-22(17-23)9-10-24-18-25(11-13-34-24)38-32(43)39-26-12-14-36-29(33)19-26/h3-8,11-14,17-19,35H,15-16H2,1-2H3,(H,37,42)(H2,34,36,38,39,43). The lowest BCUT2D eigenvalue weighted by Crippen LogP contribution is -2.29. The van der Waals surface area contributed by atoms with Crippen LogP contribution in [-0.4, -0.2) is 46.6 Å². The van der Waals surface area contributed by atoms with Crippen LogP contribution in [0.5, 0.6) is 0 Å². The first-order valence-electron chi connectivity index (χ1n) is 13.1. The van der Waals surface area contributed by atoms with Gasteiger partial charge in [-0.05, 0) is 68.3 Å². The fourth-order valence-electron chi connectivity index (χ4n) is 4.07. The summed E-state index contributed by atoms with van der Waals surface area (Å²) in [7, 11) is 0. The van der Waals surface area contributed by atoms with Gasteiger partial charge in [-0.2, -0.15) is 0 Å². The highest BCUT2D eigenvalue weighted by Crippen LogP contribution is 2.21. The molecule has 3 amide bonds. The normalized spacial score (nSPS) is 10.1. The Morgan fingerprint density at radius 2 is 1.51 bits per heavy atom. The molecule has 11 heteroatoms. The number of Topliss-reactive ketones (excluding diaryl/α,β-unsaturated/α-hetero) is 2. The summed E-state index contributed by atoms with van der Waals surface area (Å²) in [6.45, 7) is 3.45. The fourth-order valence-corrected chi connectivity index (χ4v) is 4.25. The molecule has 4 rings (SSSR count). The van der Waals surface area contributed by atoms with Crippen molar-refractivity contribution in [1.29, 1.82) is 0 Å². The largest absolute Gasteiger partial charge is 0.383 e. The number of benzene rings is 2. The van der Waals surface area contributed by atoms with Crippen LogP contribution >= 0.6 is 11.6 Å². The van der Waals surface area contributed by atoms with Crippen molar-refractivity contribution in [2.24, 2.45) is 0 Å². The SMILES string of the molecule is CC(=O)c1cccc(NCCNC(=O)c2cccc(C#Cc3cc(NC(=O)Nc4ccnc(Cl)c4)ccn3)c2)c1C(C)=O. The molecule has 216 valence electrons. The molecule has 0 fully saturated rings. The van der Waals surface area contributed by atoms with Crippen molar-refractivity contribution in [3.8, 4) is 11.8 Å². The number of aromatic nitrogens is 2. The highest BCUT2D eigenvalue weighted by Gasteiger charge is 2.15. The van der Waals surface area contributed by atoms with E-state index in [9.17, 15) is 19.2 Å². The van der Waals surface area contributed by atoms with Gasteiger partial charge >= 0.3 is 6.03 Å². The zero-order chi connectivity index (χ0) is 30.8. The van der Waals surface area contributed by atoms with Gasteiger partial charge < -0.3 is 21.3 Å². The molecule has 2 heterocycles. The van der Waals surface area contributed by atoms with Gasteiger partial charge in [-0.25, -0.2) is 14.8 Å². The minimum atomic E-state index is -0.467. The summed E-state index contributed by atoms with van der Waals surface area (Å²) in [6.07, 6.45) is 3.01. The molecule has 4 aromatic rings. The Kier molecular flexibility index (Phi) is 10.2. The fraction of sp³-hybridized carbons (Fsp3) is 0.125.